The van der Waals surface area contributed by atoms with Crippen LogP contribution in [0.3, 0.4) is 0 Å². The standard InChI is InChI=1S/C26H37N3O9/c27-8-10-35-12-14-37-16-18-38-17-15-36-13-11-34-9-2-4-19-3-1-5-20-23(19)26(33)29(25(20)32)21-6-7-22(30)28-24(21)31/h1,3,5,21H,2,4,6-18,27H2,(H,28,30,31). The molecule has 4 amide bonds. The molecule has 0 aromatic heterocycles. The highest BCUT2D eigenvalue weighted by Gasteiger charge is 2.45. The fourth-order valence-corrected chi connectivity index (χ4v) is 4.22. The highest BCUT2D eigenvalue weighted by molar-refractivity contribution is 6.24. The molecule has 3 N–H and O–H groups in total. The lowest BCUT2D eigenvalue weighted by Crippen LogP contribution is -2.54. The first kappa shape index (κ1) is 29.8. The number of carbonyl (C=O) groups excluding carboxylic acids is 4. The Labute approximate surface area is 222 Å². The summed E-state index contributed by atoms with van der Waals surface area (Å²) in [5, 5.41) is 2.21. The fourth-order valence-electron chi connectivity index (χ4n) is 4.22. The summed E-state index contributed by atoms with van der Waals surface area (Å²) in [4.78, 5) is 50.7. The van der Waals surface area contributed by atoms with Gasteiger partial charge in [-0.1, -0.05) is 12.1 Å². The van der Waals surface area contributed by atoms with Gasteiger partial charge in [-0.05, 0) is 30.9 Å². The number of carbonyl (C=O) groups is 4. The molecule has 0 spiro atoms. The molecule has 1 fully saturated rings. The highest BCUT2D eigenvalue weighted by atomic mass is 16.6. The van der Waals surface area contributed by atoms with Gasteiger partial charge in [0.1, 0.15) is 6.04 Å². The van der Waals surface area contributed by atoms with Gasteiger partial charge in [-0.25, -0.2) is 0 Å². The topological polar surface area (TPSA) is 156 Å². The third-order valence-corrected chi connectivity index (χ3v) is 6.04. The molecule has 12 nitrogen and oxygen atoms in total. The van der Waals surface area contributed by atoms with Gasteiger partial charge in [-0.15, -0.1) is 0 Å². The Hall–Kier alpha value is -2.74. The van der Waals surface area contributed by atoms with Crippen LogP contribution in [0.5, 0.6) is 0 Å². The van der Waals surface area contributed by atoms with E-state index in [0.29, 0.717) is 91.0 Å². The van der Waals surface area contributed by atoms with Crippen molar-refractivity contribution in [2.75, 3.05) is 72.6 Å². The van der Waals surface area contributed by atoms with Gasteiger partial charge in [-0.3, -0.25) is 29.4 Å². The molecule has 0 aliphatic carbocycles. The molecule has 210 valence electrons. The molecular weight excluding hydrogens is 498 g/mol. The van der Waals surface area contributed by atoms with Crippen LogP contribution in [0.1, 0.15) is 45.5 Å². The zero-order chi connectivity index (χ0) is 27.2. The second-order valence-electron chi connectivity index (χ2n) is 8.74. The van der Waals surface area contributed by atoms with Gasteiger partial charge in [0.05, 0.1) is 70.6 Å². The lowest BCUT2D eigenvalue weighted by Gasteiger charge is -2.27. The maximum absolute atomic E-state index is 13.1. The molecule has 12 heteroatoms. The first-order chi connectivity index (χ1) is 18.5. The van der Waals surface area contributed by atoms with E-state index in [1.54, 1.807) is 12.1 Å². The smallest absolute Gasteiger partial charge is 0.262 e. The van der Waals surface area contributed by atoms with Crippen molar-refractivity contribution in [2.24, 2.45) is 5.73 Å². The van der Waals surface area contributed by atoms with E-state index in [2.05, 4.69) is 5.32 Å². The van der Waals surface area contributed by atoms with Crippen LogP contribution in [0.4, 0.5) is 0 Å². The maximum atomic E-state index is 13.1. The number of nitrogens with two attached hydrogens (primary N) is 1. The number of hydrogen-bond acceptors (Lipinski definition) is 10. The van der Waals surface area contributed by atoms with Crippen molar-refractivity contribution in [1.29, 1.82) is 0 Å². The average Bonchev–Trinajstić information content (AvgIpc) is 3.16. The number of fused-ring (bicyclic) bond motifs is 1. The van der Waals surface area contributed by atoms with Crippen molar-refractivity contribution in [3.8, 4) is 0 Å². The van der Waals surface area contributed by atoms with Crippen LogP contribution >= 0.6 is 0 Å². The van der Waals surface area contributed by atoms with Gasteiger partial charge >= 0.3 is 0 Å². The van der Waals surface area contributed by atoms with Crippen LogP contribution in [0.15, 0.2) is 18.2 Å². The molecule has 1 unspecified atom stereocenters. The molecule has 2 aliphatic heterocycles. The van der Waals surface area contributed by atoms with Crippen LogP contribution in [-0.4, -0.2) is 107 Å². The zero-order valence-electron chi connectivity index (χ0n) is 21.6. The van der Waals surface area contributed by atoms with Crippen molar-refractivity contribution >= 4 is 23.6 Å². The summed E-state index contributed by atoms with van der Waals surface area (Å²) in [5.41, 5.74) is 6.68. The first-order valence-corrected chi connectivity index (χ1v) is 13.0. The van der Waals surface area contributed by atoms with Crippen molar-refractivity contribution in [3.63, 3.8) is 0 Å². The van der Waals surface area contributed by atoms with Crippen molar-refractivity contribution in [3.05, 3.63) is 34.9 Å². The first-order valence-electron chi connectivity index (χ1n) is 13.0. The number of nitrogens with zero attached hydrogens (tertiary/aromatic N) is 1. The quantitative estimate of drug-likeness (QED) is 0.183. The molecule has 2 heterocycles. The number of nitrogens with one attached hydrogen (secondary N) is 1. The van der Waals surface area contributed by atoms with E-state index in [4.69, 9.17) is 29.4 Å². The van der Waals surface area contributed by atoms with Crippen LogP contribution in [0, 0.1) is 0 Å². The number of rotatable bonds is 19. The Bertz CT molecular complexity index is 956. The van der Waals surface area contributed by atoms with Gasteiger partial charge in [0, 0.05) is 19.6 Å². The summed E-state index contributed by atoms with van der Waals surface area (Å²) in [5.74, 6) is -2.01. The molecular formula is C26H37N3O9. The molecule has 3 rings (SSSR count). The molecule has 0 radical (unpaired) electrons. The number of imide groups is 2. The van der Waals surface area contributed by atoms with Gasteiger partial charge < -0.3 is 29.4 Å². The Morgan fingerprint density at radius 3 is 1.95 bits per heavy atom. The van der Waals surface area contributed by atoms with E-state index in [-0.39, 0.29) is 18.4 Å². The third-order valence-electron chi connectivity index (χ3n) is 6.04. The fraction of sp³-hybridized carbons (Fsp3) is 0.615. The monoisotopic (exact) mass is 535 g/mol. The van der Waals surface area contributed by atoms with Gasteiger partial charge in [-0.2, -0.15) is 0 Å². The highest BCUT2D eigenvalue weighted by Crippen LogP contribution is 2.30. The largest absolute Gasteiger partial charge is 0.379 e. The second-order valence-corrected chi connectivity index (χ2v) is 8.74. The van der Waals surface area contributed by atoms with Crippen LogP contribution in [-0.2, 0) is 39.7 Å². The van der Waals surface area contributed by atoms with E-state index in [0.717, 1.165) is 10.5 Å². The Morgan fingerprint density at radius 2 is 1.37 bits per heavy atom. The zero-order valence-corrected chi connectivity index (χ0v) is 21.6. The molecule has 0 bridgehead atoms. The lowest BCUT2D eigenvalue weighted by molar-refractivity contribution is -0.136. The van der Waals surface area contributed by atoms with E-state index in [9.17, 15) is 19.2 Å². The minimum atomic E-state index is -0.971. The van der Waals surface area contributed by atoms with Crippen LogP contribution in [0.2, 0.25) is 0 Å². The lowest BCUT2D eigenvalue weighted by atomic mass is 9.99. The maximum Gasteiger partial charge on any atom is 0.262 e. The molecule has 38 heavy (non-hydrogen) atoms. The van der Waals surface area contributed by atoms with Crippen molar-refractivity contribution in [2.45, 2.75) is 31.7 Å². The number of amides is 4. The summed E-state index contributed by atoms with van der Waals surface area (Å²) < 4.78 is 27.1. The third kappa shape index (κ3) is 8.65. The average molecular weight is 536 g/mol. The summed E-state index contributed by atoms with van der Waals surface area (Å²) >= 11 is 0. The van der Waals surface area contributed by atoms with E-state index < -0.39 is 29.7 Å². The number of aryl methyl sites for hydroxylation is 1. The second kappa shape index (κ2) is 16.3. The van der Waals surface area contributed by atoms with Crippen LogP contribution in [0.25, 0.3) is 0 Å². The SMILES string of the molecule is NCCOCCOCCOCCOCCOCCCc1cccc2c1C(=O)N(C1CCC(=O)NC1=O)C2=O. The summed E-state index contributed by atoms with van der Waals surface area (Å²) in [6, 6.07) is 4.16. The van der Waals surface area contributed by atoms with E-state index in [1.165, 1.54) is 0 Å². The van der Waals surface area contributed by atoms with Gasteiger partial charge in [0.2, 0.25) is 11.8 Å². The van der Waals surface area contributed by atoms with E-state index in [1.807, 2.05) is 6.07 Å². The number of benzene rings is 1. The van der Waals surface area contributed by atoms with Crippen LogP contribution < -0.4 is 11.1 Å². The van der Waals surface area contributed by atoms with Gasteiger partial charge in [0.15, 0.2) is 0 Å². The summed E-state index contributed by atoms with van der Waals surface area (Å²) in [6.07, 6.45) is 1.41. The van der Waals surface area contributed by atoms with Crippen molar-refractivity contribution < 1.29 is 42.9 Å². The minimum absolute atomic E-state index is 0.0895. The number of hydrogen-bond donors (Lipinski definition) is 2. The Balaban J connectivity index is 1.26. The summed E-state index contributed by atoms with van der Waals surface area (Å²) in [6.45, 7) is 5.31. The predicted octanol–water partition coefficient (Wildman–Crippen LogP) is 0.0621. The minimum Gasteiger partial charge on any atom is -0.379 e. The molecule has 1 aromatic rings. The molecule has 1 saturated heterocycles. The Morgan fingerprint density at radius 1 is 0.789 bits per heavy atom. The summed E-state index contributed by atoms with van der Waals surface area (Å²) in [7, 11) is 0. The molecule has 2 aliphatic rings. The number of ether oxygens (including phenoxy) is 5. The normalized spacial score (nSPS) is 17.3. The van der Waals surface area contributed by atoms with E-state index >= 15 is 0 Å². The van der Waals surface area contributed by atoms with Gasteiger partial charge in [0.25, 0.3) is 11.8 Å². The Kier molecular flexibility index (Phi) is 12.8. The molecule has 1 atom stereocenters. The molecule has 0 saturated carbocycles. The number of piperidine rings is 1. The molecule has 1 aromatic carbocycles. The van der Waals surface area contributed by atoms with Crippen molar-refractivity contribution in [1.82, 2.24) is 10.2 Å². The predicted molar refractivity (Wildman–Crippen MR) is 135 cm³/mol.